The second kappa shape index (κ2) is 8.37. The standard InChI is InChI=1S/C17H25F3N2O2/c1-16(2,3)24-13-8-7-12(14(10-13)17(18,19)20)11-22-15(23)6-5-9-21-4/h7-8,10,21H,5-6,9,11H2,1-4H3,(H,22,23). The molecule has 0 aliphatic rings. The smallest absolute Gasteiger partial charge is 0.416 e. The van der Waals surface area contributed by atoms with E-state index in [2.05, 4.69) is 10.6 Å². The van der Waals surface area contributed by atoms with Crippen LogP contribution in [0.1, 0.15) is 44.7 Å². The van der Waals surface area contributed by atoms with Gasteiger partial charge in [-0.15, -0.1) is 0 Å². The van der Waals surface area contributed by atoms with Gasteiger partial charge < -0.3 is 15.4 Å². The maximum absolute atomic E-state index is 13.3. The topological polar surface area (TPSA) is 50.4 Å². The van der Waals surface area contributed by atoms with Crippen LogP contribution in [-0.4, -0.2) is 25.1 Å². The van der Waals surface area contributed by atoms with Crippen molar-refractivity contribution in [2.45, 2.75) is 51.9 Å². The largest absolute Gasteiger partial charge is 0.488 e. The first-order chi connectivity index (χ1) is 11.0. The number of amides is 1. The summed E-state index contributed by atoms with van der Waals surface area (Å²) in [5.74, 6) is -0.118. The fourth-order valence-corrected chi connectivity index (χ4v) is 2.10. The lowest BCUT2D eigenvalue weighted by atomic mass is 10.1. The van der Waals surface area contributed by atoms with Crippen molar-refractivity contribution in [1.29, 1.82) is 0 Å². The summed E-state index contributed by atoms with van der Waals surface area (Å²) in [4.78, 5) is 11.7. The predicted molar refractivity (Wildman–Crippen MR) is 86.8 cm³/mol. The summed E-state index contributed by atoms with van der Waals surface area (Å²) in [5.41, 5.74) is -1.36. The second-order valence-corrected chi connectivity index (χ2v) is 6.51. The maximum Gasteiger partial charge on any atom is 0.416 e. The molecule has 0 bridgehead atoms. The van der Waals surface area contributed by atoms with E-state index in [1.807, 2.05) is 0 Å². The highest BCUT2D eigenvalue weighted by Crippen LogP contribution is 2.35. The van der Waals surface area contributed by atoms with E-state index in [1.165, 1.54) is 12.1 Å². The van der Waals surface area contributed by atoms with Crippen LogP contribution in [0.25, 0.3) is 0 Å². The molecule has 0 heterocycles. The number of alkyl halides is 3. The molecule has 0 radical (unpaired) electrons. The third kappa shape index (κ3) is 7.21. The first kappa shape index (κ1) is 20.3. The van der Waals surface area contributed by atoms with Gasteiger partial charge in [-0.25, -0.2) is 0 Å². The Morgan fingerprint density at radius 2 is 1.88 bits per heavy atom. The second-order valence-electron chi connectivity index (χ2n) is 6.51. The van der Waals surface area contributed by atoms with E-state index in [9.17, 15) is 18.0 Å². The lowest BCUT2D eigenvalue weighted by molar-refractivity contribution is -0.138. The van der Waals surface area contributed by atoms with E-state index < -0.39 is 17.3 Å². The molecule has 0 spiro atoms. The Labute approximate surface area is 140 Å². The van der Waals surface area contributed by atoms with Crippen molar-refractivity contribution in [2.24, 2.45) is 0 Å². The minimum atomic E-state index is -4.51. The molecular weight excluding hydrogens is 321 g/mol. The lowest BCUT2D eigenvalue weighted by Crippen LogP contribution is -2.26. The van der Waals surface area contributed by atoms with E-state index in [1.54, 1.807) is 27.8 Å². The first-order valence-corrected chi connectivity index (χ1v) is 7.83. The van der Waals surface area contributed by atoms with Crippen LogP contribution in [0, 0.1) is 0 Å². The van der Waals surface area contributed by atoms with Gasteiger partial charge in [0, 0.05) is 13.0 Å². The molecule has 24 heavy (non-hydrogen) atoms. The molecule has 1 aromatic carbocycles. The van der Waals surface area contributed by atoms with Crippen LogP contribution >= 0.6 is 0 Å². The molecule has 4 nitrogen and oxygen atoms in total. The number of nitrogens with one attached hydrogen (secondary N) is 2. The molecule has 0 aromatic heterocycles. The summed E-state index contributed by atoms with van der Waals surface area (Å²) in [6.07, 6.45) is -3.61. The van der Waals surface area contributed by atoms with E-state index in [0.717, 1.165) is 6.07 Å². The Kier molecular flexibility index (Phi) is 7.08. The molecule has 0 fully saturated rings. The Bertz CT molecular complexity index is 552. The van der Waals surface area contributed by atoms with Crippen molar-refractivity contribution in [3.63, 3.8) is 0 Å². The number of ether oxygens (including phenoxy) is 1. The molecule has 7 heteroatoms. The third-order valence-electron chi connectivity index (χ3n) is 3.12. The molecule has 136 valence electrons. The predicted octanol–water partition coefficient (Wildman–Crippen LogP) is 3.50. The fraction of sp³-hybridized carbons (Fsp3) is 0.588. The molecule has 0 aliphatic carbocycles. The van der Waals surface area contributed by atoms with Crippen molar-refractivity contribution >= 4 is 5.91 Å². The number of rotatable bonds is 7. The average molecular weight is 346 g/mol. The van der Waals surface area contributed by atoms with Crippen molar-refractivity contribution in [3.8, 4) is 5.75 Å². The van der Waals surface area contributed by atoms with Crippen molar-refractivity contribution in [2.75, 3.05) is 13.6 Å². The average Bonchev–Trinajstić information content (AvgIpc) is 2.43. The molecule has 1 rings (SSSR count). The molecule has 0 saturated carbocycles. The highest BCUT2D eigenvalue weighted by atomic mass is 19.4. The van der Waals surface area contributed by atoms with Crippen LogP contribution in [0.5, 0.6) is 5.75 Å². The Morgan fingerprint density at radius 1 is 1.21 bits per heavy atom. The summed E-state index contributed by atoms with van der Waals surface area (Å²) in [6.45, 7) is 5.81. The number of hydrogen-bond acceptors (Lipinski definition) is 3. The van der Waals surface area contributed by atoms with Crippen LogP contribution in [-0.2, 0) is 17.5 Å². The van der Waals surface area contributed by atoms with Crippen molar-refractivity contribution in [1.82, 2.24) is 10.6 Å². The van der Waals surface area contributed by atoms with Gasteiger partial charge in [-0.05, 0) is 58.5 Å². The third-order valence-corrected chi connectivity index (χ3v) is 3.12. The highest BCUT2D eigenvalue weighted by Gasteiger charge is 2.34. The zero-order valence-electron chi connectivity index (χ0n) is 14.5. The minimum Gasteiger partial charge on any atom is -0.488 e. The van der Waals surface area contributed by atoms with Gasteiger partial charge in [-0.2, -0.15) is 13.2 Å². The van der Waals surface area contributed by atoms with E-state index in [0.29, 0.717) is 13.0 Å². The quantitative estimate of drug-likeness (QED) is 0.743. The van der Waals surface area contributed by atoms with Gasteiger partial charge in [0.25, 0.3) is 0 Å². The Hall–Kier alpha value is -1.76. The van der Waals surface area contributed by atoms with Crippen molar-refractivity contribution in [3.05, 3.63) is 29.3 Å². The molecular formula is C17H25F3N2O2. The van der Waals surface area contributed by atoms with Gasteiger partial charge in [-0.1, -0.05) is 6.07 Å². The summed E-state index contributed by atoms with van der Waals surface area (Å²) in [5, 5.41) is 5.44. The van der Waals surface area contributed by atoms with E-state index >= 15 is 0 Å². The molecule has 1 aromatic rings. The van der Waals surface area contributed by atoms with Gasteiger partial charge in [0.1, 0.15) is 11.4 Å². The van der Waals surface area contributed by atoms with Gasteiger partial charge in [0.2, 0.25) is 5.91 Å². The van der Waals surface area contributed by atoms with Gasteiger partial charge in [0.05, 0.1) is 5.56 Å². The highest BCUT2D eigenvalue weighted by molar-refractivity contribution is 5.75. The summed E-state index contributed by atoms with van der Waals surface area (Å²) >= 11 is 0. The SMILES string of the molecule is CNCCCC(=O)NCc1ccc(OC(C)(C)C)cc1C(F)(F)F. The normalized spacial score (nSPS) is 12.1. The van der Waals surface area contributed by atoms with Gasteiger partial charge in [0.15, 0.2) is 0 Å². The maximum atomic E-state index is 13.3. The van der Waals surface area contributed by atoms with Crippen LogP contribution in [0.2, 0.25) is 0 Å². The van der Waals surface area contributed by atoms with Crippen LogP contribution in [0.3, 0.4) is 0 Å². The van der Waals surface area contributed by atoms with Crippen LogP contribution < -0.4 is 15.4 Å². The first-order valence-electron chi connectivity index (χ1n) is 7.83. The fourth-order valence-electron chi connectivity index (χ4n) is 2.10. The number of carbonyl (C=O) groups excluding carboxylic acids is 1. The monoisotopic (exact) mass is 346 g/mol. The summed E-state index contributed by atoms with van der Waals surface area (Å²) in [6, 6.07) is 3.81. The van der Waals surface area contributed by atoms with E-state index in [-0.39, 0.29) is 30.2 Å². The minimum absolute atomic E-state index is 0.0192. The van der Waals surface area contributed by atoms with Gasteiger partial charge >= 0.3 is 6.18 Å². The van der Waals surface area contributed by atoms with Crippen LogP contribution in [0.15, 0.2) is 18.2 Å². The molecule has 0 unspecified atom stereocenters. The number of hydrogen-bond donors (Lipinski definition) is 2. The molecule has 0 aliphatic heterocycles. The molecule has 1 amide bonds. The number of halogens is 3. The Morgan fingerprint density at radius 3 is 2.42 bits per heavy atom. The summed E-state index contributed by atoms with van der Waals surface area (Å²) < 4.78 is 45.3. The lowest BCUT2D eigenvalue weighted by Gasteiger charge is -2.23. The van der Waals surface area contributed by atoms with Crippen LogP contribution in [0.4, 0.5) is 13.2 Å². The zero-order valence-corrected chi connectivity index (χ0v) is 14.5. The Balaban J connectivity index is 2.84. The zero-order chi connectivity index (χ0) is 18.4. The van der Waals surface area contributed by atoms with E-state index in [4.69, 9.17) is 4.74 Å². The summed E-state index contributed by atoms with van der Waals surface area (Å²) in [7, 11) is 1.77. The number of carbonyl (C=O) groups is 1. The molecule has 0 saturated heterocycles. The molecule has 2 N–H and O–H groups in total. The molecule has 0 atom stereocenters. The van der Waals surface area contributed by atoms with Crippen molar-refractivity contribution < 1.29 is 22.7 Å². The number of benzene rings is 1. The van der Waals surface area contributed by atoms with Gasteiger partial charge in [-0.3, -0.25) is 4.79 Å².